The van der Waals surface area contributed by atoms with E-state index in [0.29, 0.717) is 12.1 Å². The van der Waals surface area contributed by atoms with Crippen molar-refractivity contribution >= 4 is 44.3 Å². The number of aliphatic carboxylic acids is 1. The number of carbonyl (C=O) groups is 1. The molecule has 0 aliphatic rings. The molecule has 0 unspecified atom stereocenters. The normalized spacial score (nSPS) is 12.9. The van der Waals surface area contributed by atoms with E-state index in [1.54, 1.807) is 24.3 Å². The van der Waals surface area contributed by atoms with Gasteiger partial charge in [-0.2, -0.15) is 0 Å². The molecule has 0 aliphatic carbocycles. The van der Waals surface area contributed by atoms with E-state index in [0.717, 1.165) is 16.4 Å². The molecule has 1 rings (SSSR count). The average molecular weight is 426 g/mol. The second kappa shape index (κ2) is 8.54. The lowest BCUT2D eigenvalue weighted by Gasteiger charge is -2.10. The molecule has 1 atom stereocenters. The molecule has 1 aromatic carbocycles. The van der Waals surface area contributed by atoms with Crippen LogP contribution >= 0.6 is 22.6 Å². The monoisotopic (exact) mass is 426 g/mol. The van der Waals surface area contributed by atoms with Gasteiger partial charge < -0.3 is 10.8 Å². The van der Waals surface area contributed by atoms with E-state index in [-0.39, 0.29) is 12.2 Å². The summed E-state index contributed by atoms with van der Waals surface area (Å²) in [5.74, 6) is -0.961. The molecular weight excluding hydrogens is 407 g/mol. The Labute approximate surface area is 138 Å². The summed E-state index contributed by atoms with van der Waals surface area (Å²) in [7, 11) is -3.33. The van der Waals surface area contributed by atoms with E-state index in [2.05, 4.69) is 27.3 Å². The number of rotatable bonds is 9. The number of carboxylic acids is 1. The van der Waals surface area contributed by atoms with Crippen molar-refractivity contribution in [3.8, 4) is 0 Å². The van der Waals surface area contributed by atoms with E-state index in [9.17, 15) is 13.2 Å². The van der Waals surface area contributed by atoms with Crippen molar-refractivity contribution in [2.24, 2.45) is 5.73 Å². The van der Waals surface area contributed by atoms with Gasteiger partial charge in [0.2, 0.25) is 10.0 Å². The average Bonchev–Trinajstić information content (AvgIpc) is 2.40. The number of carboxylic acid groups (broad SMARTS) is 1. The third-order valence-electron chi connectivity index (χ3n) is 2.80. The Bertz CT molecular complexity index is 560. The van der Waals surface area contributed by atoms with Crippen LogP contribution in [0.3, 0.4) is 0 Å². The van der Waals surface area contributed by atoms with Gasteiger partial charge in [-0.25, -0.2) is 8.42 Å². The van der Waals surface area contributed by atoms with E-state index < -0.39 is 22.0 Å². The van der Waals surface area contributed by atoms with Gasteiger partial charge in [-0.3, -0.25) is 9.52 Å². The van der Waals surface area contributed by atoms with Crippen LogP contribution in [0.25, 0.3) is 0 Å². The summed E-state index contributed by atoms with van der Waals surface area (Å²) in [6.45, 7) is 0. The molecule has 0 aromatic heterocycles. The first-order valence-corrected chi connectivity index (χ1v) is 9.65. The van der Waals surface area contributed by atoms with E-state index in [1.165, 1.54) is 0 Å². The first-order chi connectivity index (χ1) is 9.84. The first-order valence-electron chi connectivity index (χ1n) is 6.48. The fraction of sp³-hybridized carbons (Fsp3) is 0.462. The summed E-state index contributed by atoms with van der Waals surface area (Å²) >= 11 is 2.21. The molecule has 0 radical (unpaired) electrons. The number of nitrogens with two attached hydrogens (primary N) is 1. The lowest BCUT2D eigenvalue weighted by atomic mass is 10.1. The highest BCUT2D eigenvalue weighted by Gasteiger charge is 2.13. The molecule has 0 bridgehead atoms. The van der Waals surface area contributed by atoms with Gasteiger partial charge in [0.05, 0.1) is 5.75 Å². The number of alkyl halides is 1. The lowest BCUT2D eigenvalue weighted by Crippen LogP contribution is -2.32. The fourth-order valence-corrected chi connectivity index (χ4v) is 3.39. The summed E-state index contributed by atoms with van der Waals surface area (Å²) in [5.41, 5.74) is 6.66. The SMILES string of the molecule is N[C@@H](Cc1ccc(NS(=O)(=O)CCCCI)cc1)C(=O)O. The highest BCUT2D eigenvalue weighted by Crippen LogP contribution is 2.13. The third-order valence-corrected chi connectivity index (χ3v) is 4.93. The Kier molecular flexibility index (Phi) is 7.40. The molecule has 118 valence electrons. The van der Waals surface area contributed by atoms with Gasteiger partial charge in [0, 0.05) is 5.69 Å². The van der Waals surface area contributed by atoms with Crippen molar-refractivity contribution in [2.45, 2.75) is 25.3 Å². The summed E-state index contributed by atoms with van der Waals surface area (Å²) < 4.78 is 27.1. The summed E-state index contributed by atoms with van der Waals surface area (Å²) in [6, 6.07) is 5.61. The molecule has 0 heterocycles. The van der Waals surface area contributed by atoms with Crippen LogP contribution in [0, 0.1) is 0 Å². The van der Waals surface area contributed by atoms with Gasteiger partial charge in [0.25, 0.3) is 0 Å². The van der Waals surface area contributed by atoms with Gasteiger partial charge in [0.1, 0.15) is 6.04 Å². The van der Waals surface area contributed by atoms with Crippen LogP contribution < -0.4 is 10.5 Å². The molecule has 0 amide bonds. The zero-order valence-corrected chi connectivity index (χ0v) is 14.4. The molecule has 21 heavy (non-hydrogen) atoms. The molecule has 6 nitrogen and oxygen atoms in total. The van der Waals surface area contributed by atoms with Crippen molar-refractivity contribution in [1.82, 2.24) is 0 Å². The van der Waals surface area contributed by atoms with Gasteiger partial charge in [-0.15, -0.1) is 0 Å². The number of anilines is 1. The minimum atomic E-state index is -3.33. The van der Waals surface area contributed by atoms with E-state index >= 15 is 0 Å². The fourth-order valence-electron chi connectivity index (χ4n) is 1.67. The first kappa shape index (κ1) is 18.2. The zero-order chi connectivity index (χ0) is 15.9. The van der Waals surface area contributed by atoms with Crippen LogP contribution in [0.15, 0.2) is 24.3 Å². The smallest absolute Gasteiger partial charge is 0.320 e. The minimum Gasteiger partial charge on any atom is -0.480 e. The molecule has 0 aliphatic heterocycles. The summed E-state index contributed by atoms with van der Waals surface area (Å²) in [4.78, 5) is 10.7. The molecule has 0 spiro atoms. The topological polar surface area (TPSA) is 109 Å². The number of unbranched alkanes of at least 4 members (excludes halogenated alkanes) is 1. The minimum absolute atomic E-state index is 0.0989. The van der Waals surface area contributed by atoms with Crippen LogP contribution in [0.4, 0.5) is 5.69 Å². The number of hydrogen-bond donors (Lipinski definition) is 3. The molecule has 1 aromatic rings. The van der Waals surface area contributed by atoms with Crippen molar-refractivity contribution in [1.29, 1.82) is 0 Å². The molecule has 4 N–H and O–H groups in total. The van der Waals surface area contributed by atoms with Crippen molar-refractivity contribution in [3.63, 3.8) is 0 Å². The maximum atomic E-state index is 11.8. The predicted octanol–water partition coefficient (Wildman–Crippen LogP) is 1.60. The largest absolute Gasteiger partial charge is 0.480 e. The highest BCUT2D eigenvalue weighted by atomic mass is 127. The van der Waals surface area contributed by atoms with Crippen LogP contribution in [0.1, 0.15) is 18.4 Å². The van der Waals surface area contributed by atoms with E-state index in [1.807, 2.05) is 0 Å². The Morgan fingerprint density at radius 1 is 1.29 bits per heavy atom. The Balaban J connectivity index is 2.60. The van der Waals surface area contributed by atoms with Gasteiger partial charge >= 0.3 is 5.97 Å². The second-order valence-electron chi connectivity index (χ2n) is 4.66. The Hall–Kier alpha value is -0.870. The number of sulfonamides is 1. The third kappa shape index (κ3) is 7.09. The molecule has 0 fully saturated rings. The predicted molar refractivity (Wildman–Crippen MR) is 91.3 cm³/mol. The highest BCUT2D eigenvalue weighted by molar-refractivity contribution is 14.1. The summed E-state index contributed by atoms with van der Waals surface area (Å²) in [5, 5.41) is 8.74. The van der Waals surface area contributed by atoms with Crippen molar-refractivity contribution in [2.75, 3.05) is 14.9 Å². The maximum absolute atomic E-state index is 11.8. The van der Waals surface area contributed by atoms with Crippen LogP contribution in [-0.4, -0.2) is 35.7 Å². The number of benzene rings is 1. The Morgan fingerprint density at radius 2 is 1.90 bits per heavy atom. The second-order valence-corrected chi connectivity index (χ2v) is 7.58. The molecular formula is C13H19IN2O4S. The van der Waals surface area contributed by atoms with E-state index in [4.69, 9.17) is 10.8 Å². The van der Waals surface area contributed by atoms with Crippen molar-refractivity contribution in [3.05, 3.63) is 29.8 Å². The molecule has 0 saturated heterocycles. The number of nitrogens with one attached hydrogen (secondary N) is 1. The van der Waals surface area contributed by atoms with Gasteiger partial charge in [0.15, 0.2) is 0 Å². The lowest BCUT2D eigenvalue weighted by molar-refractivity contribution is -0.138. The maximum Gasteiger partial charge on any atom is 0.320 e. The van der Waals surface area contributed by atoms with Crippen molar-refractivity contribution < 1.29 is 18.3 Å². The van der Waals surface area contributed by atoms with Crippen LogP contribution in [0.5, 0.6) is 0 Å². The molecule has 8 heteroatoms. The number of halogens is 1. The zero-order valence-electron chi connectivity index (χ0n) is 11.5. The summed E-state index contributed by atoms with van der Waals surface area (Å²) in [6.07, 6.45) is 1.70. The van der Waals surface area contributed by atoms with Gasteiger partial charge in [-0.05, 0) is 41.4 Å². The Morgan fingerprint density at radius 3 is 2.43 bits per heavy atom. The molecule has 0 saturated carbocycles. The van der Waals surface area contributed by atoms with Crippen LogP contribution in [0.2, 0.25) is 0 Å². The quantitative estimate of drug-likeness (QED) is 0.316. The van der Waals surface area contributed by atoms with Gasteiger partial charge in [-0.1, -0.05) is 34.7 Å². The van der Waals surface area contributed by atoms with Crippen LogP contribution in [-0.2, 0) is 21.2 Å². The number of hydrogen-bond acceptors (Lipinski definition) is 4. The standard InChI is InChI=1S/C13H19IN2O4S/c14-7-1-2-8-21(19,20)16-11-5-3-10(4-6-11)9-12(15)13(17)18/h3-6,12,16H,1-2,7-9,15H2,(H,17,18)/t12-/m0/s1.